The Labute approximate surface area is 172 Å². The third kappa shape index (κ3) is 3.58. The van der Waals surface area contributed by atoms with Crippen LogP contribution in [-0.2, 0) is 6.42 Å². The lowest BCUT2D eigenvalue weighted by atomic mass is 10.1. The summed E-state index contributed by atoms with van der Waals surface area (Å²) < 4.78 is 0. The SMILES string of the molecule is Oc1ccc(CCNc2ncnc3nc(Nc4nccc5ccccc45)[nH]c23)cc1. The Balaban J connectivity index is 1.36. The molecule has 0 radical (unpaired) electrons. The number of aromatic amines is 1. The molecular weight excluding hydrogens is 378 g/mol. The monoisotopic (exact) mass is 397 g/mol. The standard InChI is InChI=1S/C22H19N7O/c30-16-7-5-14(6-8-16)9-11-24-20-18-21(26-13-25-20)29-22(27-18)28-19-17-4-2-1-3-15(17)10-12-23-19/h1-8,10,12-13,30H,9,11H2,(H3,23,24,25,26,27,28,29). The lowest BCUT2D eigenvalue weighted by Crippen LogP contribution is -2.07. The van der Waals surface area contributed by atoms with Crippen molar-refractivity contribution in [2.24, 2.45) is 0 Å². The highest BCUT2D eigenvalue weighted by atomic mass is 16.3. The molecule has 3 heterocycles. The number of phenolic OH excluding ortho intramolecular Hbond substituents is 1. The highest BCUT2D eigenvalue weighted by Gasteiger charge is 2.11. The van der Waals surface area contributed by atoms with Gasteiger partial charge in [-0.1, -0.05) is 36.4 Å². The van der Waals surface area contributed by atoms with Gasteiger partial charge in [-0.2, -0.15) is 4.98 Å². The molecule has 0 saturated heterocycles. The van der Waals surface area contributed by atoms with Crippen molar-refractivity contribution < 1.29 is 5.11 Å². The molecule has 0 spiro atoms. The highest BCUT2D eigenvalue weighted by Crippen LogP contribution is 2.25. The quantitative estimate of drug-likeness (QED) is 0.343. The molecule has 5 rings (SSSR count). The van der Waals surface area contributed by atoms with E-state index in [2.05, 4.69) is 35.6 Å². The molecule has 148 valence electrons. The lowest BCUT2D eigenvalue weighted by molar-refractivity contribution is 0.475. The van der Waals surface area contributed by atoms with Crippen molar-refractivity contribution >= 4 is 39.5 Å². The molecule has 0 atom stereocenters. The van der Waals surface area contributed by atoms with Gasteiger partial charge in [-0.25, -0.2) is 15.0 Å². The third-order valence-corrected chi connectivity index (χ3v) is 4.84. The van der Waals surface area contributed by atoms with Crippen molar-refractivity contribution in [2.75, 3.05) is 17.2 Å². The summed E-state index contributed by atoms with van der Waals surface area (Å²) in [4.78, 5) is 20.8. The van der Waals surface area contributed by atoms with Crippen LogP contribution in [0.2, 0.25) is 0 Å². The summed E-state index contributed by atoms with van der Waals surface area (Å²) in [7, 11) is 0. The van der Waals surface area contributed by atoms with Crippen LogP contribution in [0.5, 0.6) is 5.75 Å². The Kier molecular flexibility index (Phi) is 4.57. The number of rotatable bonds is 6. The fraction of sp³-hybridized carbons (Fsp3) is 0.0909. The second-order valence-electron chi connectivity index (χ2n) is 6.86. The average molecular weight is 397 g/mol. The summed E-state index contributed by atoms with van der Waals surface area (Å²) in [5, 5.41) is 18.1. The molecule has 30 heavy (non-hydrogen) atoms. The zero-order chi connectivity index (χ0) is 20.3. The van der Waals surface area contributed by atoms with Gasteiger partial charge in [-0.05, 0) is 35.6 Å². The van der Waals surface area contributed by atoms with Crippen LogP contribution >= 0.6 is 0 Å². The Morgan fingerprint density at radius 2 is 1.77 bits per heavy atom. The molecule has 8 nitrogen and oxygen atoms in total. The first kappa shape index (κ1) is 17.9. The Morgan fingerprint density at radius 1 is 0.900 bits per heavy atom. The largest absolute Gasteiger partial charge is 0.508 e. The Hall–Kier alpha value is -4.20. The zero-order valence-electron chi connectivity index (χ0n) is 16.0. The van der Waals surface area contributed by atoms with Crippen molar-refractivity contribution in [3.05, 3.63) is 72.7 Å². The van der Waals surface area contributed by atoms with Crippen LogP contribution in [0.3, 0.4) is 0 Å². The molecule has 4 N–H and O–H groups in total. The number of benzene rings is 2. The number of hydrogen-bond acceptors (Lipinski definition) is 7. The first-order valence-corrected chi connectivity index (χ1v) is 9.59. The molecule has 0 unspecified atom stereocenters. The predicted molar refractivity (Wildman–Crippen MR) is 117 cm³/mol. The van der Waals surface area contributed by atoms with Crippen molar-refractivity contribution in [3.63, 3.8) is 0 Å². The fourth-order valence-corrected chi connectivity index (χ4v) is 3.34. The number of aromatic nitrogens is 5. The number of nitrogens with zero attached hydrogens (tertiary/aromatic N) is 4. The van der Waals surface area contributed by atoms with Crippen molar-refractivity contribution in [3.8, 4) is 5.75 Å². The zero-order valence-corrected chi connectivity index (χ0v) is 16.0. The summed E-state index contributed by atoms with van der Waals surface area (Å²) in [6.45, 7) is 0.684. The van der Waals surface area contributed by atoms with E-state index >= 15 is 0 Å². The molecule has 0 saturated carbocycles. The number of anilines is 3. The normalized spacial score (nSPS) is 11.1. The lowest BCUT2D eigenvalue weighted by Gasteiger charge is -2.06. The fourth-order valence-electron chi connectivity index (χ4n) is 3.34. The van der Waals surface area contributed by atoms with E-state index in [-0.39, 0.29) is 5.75 Å². The van der Waals surface area contributed by atoms with Gasteiger partial charge in [-0.3, -0.25) is 0 Å². The third-order valence-electron chi connectivity index (χ3n) is 4.84. The van der Waals surface area contributed by atoms with E-state index in [1.54, 1.807) is 18.3 Å². The van der Waals surface area contributed by atoms with Crippen LogP contribution in [0.25, 0.3) is 21.9 Å². The first-order valence-electron chi connectivity index (χ1n) is 9.59. The summed E-state index contributed by atoms with van der Waals surface area (Å²) in [5.74, 6) is 2.23. The van der Waals surface area contributed by atoms with Gasteiger partial charge in [0, 0.05) is 18.1 Å². The van der Waals surface area contributed by atoms with Crippen molar-refractivity contribution in [1.82, 2.24) is 24.9 Å². The van der Waals surface area contributed by atoms with E-state index in [1.165, 1.54) is 6.33 Å². The molecule has 8 heteroatoms. The van der Waals surface area contributed by atoms with Crippen LogP contribution in [-0.4, -0.2) is 36.6 Å². The first-order chi connectivity index (χ1) is 14.8. The van der Waals surface area contributed by atoms with E-state index in [0.29, 0.717) is 24.0 Å². The van der Waals surface area contributed by atoms with Gasteiger partial charge in [0.05, 0.1) is 0 Å². The number of imidazole rings is 1. The Bertz CT molecular complexity index is 1310. The van der Waals surface area contributed by atoms with Crippen LogP contribution in [0.1, 0.15) is 5.56 Å². The van der Waals surface area contributed by atoms with Gasteiger partial charge in [0.2, 0.25) is 5.95 Å². The molecule has 0 amide bonds. The number of phenols is 1. The second-order valence-corrected chi connectivity index (χ2v) is 6.86. The number of pyridine rings is 1. The highest BCUT2D eigenvalue weighted by molar-refractivity contribution is 5.93. The average Bonchev–Trinajstić information content (AvgIpc) is 3.19. The van der Waals surface area contributed by atoms with Gasteiger partial charge in [0.1, 0.15) is 23.4 Å². The minimum absolute atomic E-state index is 0.266. The minimum Gasteiger partial charge on any atom is -0.508 e. The molecule has 0 aliphatic carbocycles. The maximum atomic E-state index is 9.39. The van der Waals surface area contributed by atoms with E-state index in [0.717, 1.165) is 34.1 Å². The number of hydrogen-bond donors (Lipinski definition) is 4. The van der Waals surface area contributed by atoms with Gasteiger partial charge < -0.3 is 20.7 Å². The Morgan fingerprint density at radius 3 is 2.67 bits per heavy atom. The van der Waals surface area contributed by atoms with Crippen LogP contribution in [0.4, 0.5) is 17.6 Å². The van der Waals surface area contributed by atoms with Crippen molar-refractivity contribution in [2.45, 2.75) is 6.42 Å². The summed E-state index contributed by atoms with van der Waals surface area (Å²) >= 11 is 0. The van der Waals surface area contributed by atoms with E-state index in [4.69, 9.17) is 0 Å². The maximum absolute atomic E-state index is 9.39. The molecule has 0 bridgehead atoms. The van der Waals surface area contributed by atoms with E-state index in [1.807, 2.05) is 42.5 Å². The molecule has 0 aliphatic rings. The van der Waals surface area contributed by atoms with E-state index in [9.17, 15) is 5.11 Å². The van der Waals surface area contributed by atoms with E-state index < -0.39 is 0 Å². The van der Waals surface area contributed by atoms with Gasteiger partial charge >= 0.3 is 0 Å². The molecule has 3 aromatic heterocycles. The number of nitrogens with one attached hydrogen (secondary N) is 3. The maximum Gasteiger partial charge on any atom is 0.208 e. The predicted octanol–water partition coefficient (Wildman–Crippen LogP) is 4.00. The number of aromatic hydroxyl groups is 1. The van der Waals surface area contributed by atoms with Gasteiger partial charge in [-0.15, -0.1) is 0 Å². The summed E-state index contributed by atoms with van der Waals surface area (Å²) in [6, 6.07) is 17.2. The molecule has 0 fully saturated rings. The van der Waals surface area contributed by atoms with Crippen LogP contribution in [0, 0.1) is 0 Å². The second kappa shape index (κ2) is 7.67. The van der Waals surface area contributed by atoms with Crippen molar-refractivity contribution in [1.29, 1.82) is 0 Å². The molecular formula is C22H19N7O. The molecule has 2 aromatic carbocycles. The number of H-pyrrole nitrogens is 1. The molecule has 0 aliphatic heterocycles. The van der Waals surface area contributed by atoms with Gasteiger partial charge in [0.15, 0.2) is 11.5 Å². The topological polar surface area (TPSA) is 112 Å². The van der Waals surface area contributed by atoms with Crippen LogP contribution in [0.15, 0.2) is 67.1 Å². The minimum atomic E-state index is 0.266. The summed E-state index contributed by atoms with van der Waals surface area (Å²) in [6.07, 6.45) is 4.06. The van der Waals surface area contributed by atoms with Crippen LogP contribution < -0.4 is 10.6 Å². The number of fused-ring (bicyclic) bond motifs is 2. The smallest absolute Gasteiger partial charge is 0.208 e. The van der Waals surface area contributed by atoms with Gasteiger partial charge in [0.25, 0.3) is 0 Å². The summed E-state index contributed by atoms with van der Waals surface area (Å²) in [5.41, 5.74) is 2.42. The molecule has 5 aromatic rings.